The van der Waals surface area contributed by atoms with Crippen LogP contribution in [0.15, 0.2) is 66.9 Å². The largest absolute Gasteiger partial charge is 0.478 e. The molecule has 0 unspecified atom stereocenters. The van der Waals surface area contributed by atoms with Gasteiger partial charge in [0.1, 0.15) is 11.6 Å². The summed E-state index contributed by atoms with van der Waals surface area (Å²) in [5, 5.41) is 15.5. The Balaban J connectivity index is 2.04. The molecule has 4 nitrogen and oxygen atoms in total. The summed E-state index contributed by atoms with van der Waals surface area (Å²) < 4.78 is 71.3. The zero-order valence-electron chi connectivity index (χ0n) is 18.8. The molecule has 4 rings (SSSR count). The molecule has 0 bridgehead atoms. The smallest absolute Gasteiger partial charge is 0.417 e. The number of hydrogen-bond donors (Lipinski definition) is 2. The van der Waals surface area contributed by atoms with Crippen molar-refractivity contribution in [1.29, 1.82) is 0 Å². The van der Waals surface area contributed by atoms with E-state index < -0.39 is 29.3 Å². The van der Waals surface area contributed by atoms with Crippen molar-refractivity contribution in [2.24, 2.45) is 0 Å². The minimum absolute atomic E-state index is 0.0482. The molecule has 0 aliphatic carbocycles. The molecule has 1 aromatic heterocycles. The predicted octanol–water partition coefficient (Wildman–Crippen LogP) is 7.33. The third-order valence-electron chi connectivity index (χ3n) is 5.71. The second-order valence-corrected chi connectivity index (χ2v) is 7.95. The first-order valence-corrected chi connectivity index (χ1v) is 10.8. The van der Waals surface area contributed by atoms with E-state index in [1.165, 1.54) is 18.3 Å². The number of fused-ring (bicyclic) bond motifs is 1. The fraction of sp³-hybridized carbons (Fsp3) is 0.111. The lowest BCUT2D eigenvalue weighted by molar-refractivity contribution is -0.138. The molecule has 0 spiro atoms. The highest BCUT2D eigenvalue weighted by Gasteiger charge is 2.35. The van der Waals surface area contributed by atoms with Crippen LogP contribution in [0, 0.1) is 11.6 Å². The van der Waals surface area contributed by atoms with Gasteiger partial charge in [0.2, 0.25) is 0 Å². The van der Waals surface area contributed by atoms with Crippen molar-refractivity contribution in [2.75, 3.05) is 0 Å². The maximum atomic E-state index is 15.7. The Morgan fingerprint density at radius 3 is 2.36 bits per heavy atom. The molecule has 0 saturated heterocycles. The molecule has 0 saturated carbocycles. The van der Waals surface area contributed by atoms with Gasteiger partial charge in [-0.2, -0.15) is 18.3 Å². The Hall–Kier alpha value is -4.27. The van der Waals surface area contributed by atoms with Crippen molar-refractivity contribution in [3.8, 4) is 0 Å². The second kappa shape index (κ2) is 9.77. The normalized spacial score (nSPS) is 12.8. The van der Waals surface area contributed by atoms with E-state index in [9.17, 15) is 22.4 Å². The molecule has 0 radical (unpaired) electrons. The number of aromatic nitrogens is 2. The highest BCUT2D eigenvalue weighted by Crippen LogP contribution is 2.42. The molecule has 0 atom stereocenters. The topological polar surface area (TPSA) is 66.0 Å². The molecule has 1 heterocycles. The number of benzene rings is 3. The molecular weight excluding hydrogens is 479 g/mol. The number of alkyl halides is 3. The number of aliphatic carboxylic acids is 1. The van der Waals surface area contributed by atoms with Crippen LogP contribution in [0.3, 0.4) is 0 Å². The Morgan fingerprint density at radius 1 is 1.03 bits per heavy atom. The van der Waals surface area contributed by atoms with Crippen LogP contribution in [0.4, 0.5) is 22.0 Å². The molecule has 184 valence electrons. The molecule has 0 amide bonds. The van der Waals surface area contributed by atoms with Crippen LogP contribution in [0.25, 0.3) is 28.1 Å². The molecule has 0 aliphatic heterocycles. The first kappa shape index (κ1) is 24.8. The fourth-order valence-corrected chi connectivity index (χ4v) is 4.11. The SMILES string of the molecule is CCC(=C(c1ccc(/C=C/C(=O)O)cc1)c1ccc2[nH]ncc2c1F)c1ccc(F)cc1C(F)(F)F. The van der Waals surface area contributed by atoms with Gasteiger partial charge in [-0.15, -0.1) is 0 Å². The Morgan fingerprint density at radius 2 is 1.72 bits per heavy atom. The zero-order chi connectivity index (χ0) is 26.0. The summed E-state index contributed by atoms with van der Waals surface area (Å²) >= 11 is 0. The molecule has 4 aromatic rings. The summed E-state index contributed by atoms with van der Waals surface area (Å²) in [4.78, 5) is 10.8. The van der Waals surface area contributed by atoms with Gasteiger partial charge in [0.25, 0.3) is 0 Å². The molecule has 2 N–H and O–H groups in total. The Labute approximate surface area is 202 Å². The van der Waals surface area contributed by atoms with Crippen molar-refractivity contribution >= 4 is 34.1 Å². The van der Waals surface area contributed by atoms with E-state index in [1.807, 2.05) is 0 Å². The lowest BCUT2D eigenvalue weighted by Gasteiger charge is -2.20. The first-order chi connectivity index (χ1) is 17.1. The Bertz CT molecular complexity index is 1500. The van der Waals surface area contributed by atoms with Gasteiger partial charge in [-0.05, 0) is 64.6 Å². The highest BCUT2D eigenvalue weighted by molar-refractivity contribution is 6.01. The van der Waals surface area contributed by atoms with E-state index in [0.717, 1.165) is 18.2 Å². The van der Waals surface area contributed by atoms with E-state index in [1.54, 1.807) is 37.3 Å². The average Bonchev–Trinajstić information content (AvgIpc) is 3.32. The van der Waals surface area contributed by atoms with Gasteiger partial charge in [0, 0.05) is 11.6 Å². The Kier molecular flexibility index (Phi) is 6.74. The molecule has 3 aromatic carbocycles. The van der Waals surface area contributed by atoms with E-state index >= 15 is 4.39 Å². The zero-order valence-corrected chi connectivity index (χ0v) is 18.8. The van der Waals surface area contributed by atoms with E-state index in [0.29, 0.717) is 22.7 Å². The average molecular weight is 498 g/mol. The summed E-state index contributed by atoms with van der Waals surface area (Å²) in [6.45, 7) is 1.64. The summed E-state index contributed by atoms with van der Waals surface area (Å²) in [6, 6.07) is 11.7. The number of aromatic amines is 1. The van der Waals surface area contributed by atoms with Crippen LogP contribution in [-0.2, 0) is 11.0 Å². The number of nitrogens with zero attached hydrogens (tertiary/aromatic N) is 1. The number of carbonyl (C=O) groups is 1. The summed E-state index contributed by atoms with van der Waals surface area (Å²) in [6.07, 6.45) is -1.18. The number of hydrogen-bond acceptors (Lipinski definition) is 2. The molecule has 0 fully saturated rings. The maximum Gasteiger partial charge on any atom is 0.417 e. The van der Waals surface area contributed by atoms with E-state index in [-0.39, 0.29) is 34.1 Å². The predicted molar refractivity (Wildman–Crippen MR) is 127 cm³/mol. The van der Waals surface area contributed by atoms with Gasteiger partial charge in [0.05, 0.1) is 22.7 Å². The number of nitrogens with one attached hydrogen (secondary N) is 1. The molecular formula is C27H19F5N2O2. The van der Waals surface area contributed by atoms with Crippen LogP contribution < -0.4 is 0 Å². The first-order valence-electron chi connectivity index (χ1n) is 10.8. The molecule has 0 aliphatic rings. The lowest BCUT2D eigenvalue weighted by atomic mass is 9.85. The molecule has 9 heteroatoms. The second-order valence-electron chi connectivity index (χ2n) is 7.95. The van der Waals surface area contributed by atoms with E-state index in [4.69, 9.17) is 5.11 Å². The van der Waals surface area contributed by atoms with Gasteiger partial charge in [-0.1, -0.05) is 37.3 Å². The van der Waals surface area contributed by atoms with Crippen molar-refractivity contribution in [3.05, 3.63) is 106 Å². The van der Waals surface area contributed by atoms with Crippen LogP contribution in [0.1, 0.15) is 41.2 Å². The maximum absolute atomic E-state index is 15.7. The van der Waals surface area contributed by atoms with Crippen LogP contribution in [0.5, 0.6) is 0 Å². The monoisotopic (exact) mass is 498 g/mol. The number of carboxylic acid groups (broad SMARTS) is 1. The summed E-state index contributed by atoms with van der Waals surface area (Å²) in [5.41, 5.74) is 0.334. The standard InChI is InChI=1S/C27H19F5N2O2/c1-2-18(19-9-8-17(28)13-22(19)27(30,31)32)25(16-6-3-15(4-7-16)5-12-24(35)36)20-10-11-23-21(26(20)29)14-33-34-23/h3-14H,2H2,1H3,(H,33,34)(H,35,36)/b12-5+,25-18?. The quantitative estimate of drug-likeness (QED) is 0.166. The number of rotatable bonds is 6. The third-order valence-corrected chi connectivity index (χ3v) is 5.71. The van der Waals surface area contributed by atoms with Crippen molar-refractivity contribution in [2.45, 2.75) is 19.5 Å². The minimum Gasteiger partial charge on any atom is -0.478 e. The van der Waals surface area contributed by atoms with E-state index in [2.05, 4.69) is 10.2 Å². The number of halogens is 5. The van der Waals surface area contributed by atoms with Crippen LogP contribution in [0.2, 0.25) is 0 Å². The van der Waals surface area contributed by atoms with Gasteiger partial charge >= 0.3 is 12.1 Å². The number of carboxylic acids is 1. The van der Waals surface area contributed by atoms with Crippen LogP contribution in [-0.4, -0.2) is 21.3 Å². The summed E-state index contributed by atoms with van der Waals surface area (Å²) in [7, 11) is 0. The van der Waals surface area contributed by atoms with Gasteiger partial charge in [0.15, 0.2) is 0 Å². The van der Waals surface area contributed by atoms with Crippen LogP contribution >= 0.6 is 0 Å². The number of H-pyrrole nitrogens is 1. The minimum atomic E-state index is -4.85. The van der Waals surface area contributed by atoms with Gasteiger partial charge in [-0.25, -0.2) is 13.6 Å². The van der Waals surface area contributed by atoms with Gasteiger partial charge in [-0.3, -0.25) is 5.10 Å². The lowest BCUT2D eigenvalue weighted by Crippen LogP contribution is -2.10. The number of allylic oxidation sites excluding steroid dienone is 1. The fourth-order valence-electron chi connectivity index (χ4n) is 4.11. The summed E-state index contributed by atoms with van der Waals surface area (Å²) in [5.74, 6) is -2.85. The van der Waals surface area contributed by atoms with Gasteiger partial charge < -0.3 is 5.11 Å². The highest BCUT2D eigenvalue weighted by atomic mass is 19.4. The molecule has 36 heavy (non-hydrogen) atoms. The third kappa shape index (κ3) is 4.91. The van der Waals surface area contributed by atoms with Crippen molar-refractivity contribution < 1.29 is 31.9 Å². The van der Waals surface area contributed by atoms with Crippen molar-refractivity contribution in [1.82, 2.24) is 10.2 Å². The van der Waals surface area contributed by atoms with Crippen molar-refractivity contribution in [3.63, 3.8) is 0 Å².